The minimum atomic E-state index is -3.53. The van der Waals surface area contributed by atoms with Crippen LogP contribution in [0.2, 0.25) is 0 Å². The first-order chi connectivity index (χ1) is 13.4. The van der Waals surface area contributed by atoms with E-state index in [9.17, 15) is 13.2 Å². The Hall–Kier alpha value is -2.42. The molecule has 2 aromatic carbocycles. The zero-order chi connectivity index (χ0) is 20.6. The molecule has 0 atom stereocenters. The first kappa shape index (κ1) is 21.9. The molecule has 2 rings (SSSR count). The maximum Gasteiger partial charge on any atom is 0.259 e. The number of ether oxygens (including phenoxy) is 2. The van der Waals surface area contributed by atoms with Gasteiger partial charge in [-0.15, -0.1) is 0 Å². The van der Waals surface area contributed by atoms with Crippen molar-refractivity contribution >= 4 is 21.6 Å². The van der Waals surface area contributed by atoms with Gasteiger partial charge in [0.2, 0.25) is 10.0 Å². The first-order valence-electron chi connectivity index (χ1n) is 9.06. The lowest BCUT2D eigenvalue weighted by Crippen LogP contribution is -2.30. The van der Waals surface area contributed by atoms with E-state index in [-0.39, 0.29) is 10.8 Å². The van der Waals surface area contributed by atoms with Gasteiger partial charge in [-0.25, -0.2) is 8.42 Å². The number of methoxy groups -OCH3 is 1. The van der Waals surface area contributed by atoms with Crippen LogP contribution >= 0.6 is 0 Å². The molecule has 1 N–H and O–H groups in total. The van der Waals surface area contributed by atoms with Crippen molar-refractivity contribution in [1.82, 2.24) is 4.31 Å². The Morgan fingerprint density at radius 1 is 1.00 bits per heavy atom. The SMILES string of the molecule is CCN(CC)S(=O)(=O)c1ccc(NC(=O)c2ccccc2OCCOC)cc1. The molecule has 28 heavy (non-hydrogen) atoms. The van der Waals surface area contributed by atoms with E-state index in [2.05, 4.69) is 5.32 Å². The zero-order valence-corrected chi connectivity index (χ0v) is 17.2. The quantitative estimate of drug-likeness (QED) is 0.613. The minimum Gasteiger partial charge on any atom is -0.490 e. The highest BCUT2D eigenvalue weighted by atomic mass is 32.2. The van der Waals surface area contributed by atoms with Gasteiger partial charge in [-0.3, -0.25) is 4.79 Å². The largest absolute Gasteiger partial charge is 0.490 e. The lowest BCUT2D eigenvalue weighted by Gasteiger charge is -2.18. The van der Waals surface area contributed by atoms with E-state index in [1.807, 2.05) is 0 Å². The molecule has 0 heterocycles. The number of para-hydroxylation sites is 1. The molecule has 1 amide bonds. The van der Waals surface area contributed by atoms with Crippen LogP contribution in [0.15, 0.2) is 53.4 Å². The number of hydrogen-bond acceptors (Lipinski definition) is 5. The molecule has 0 unspecified atom stereocenters. The molecule has 0 aliphatic rings. The van der Waals surface area contributed by atoms with E-state index in [1.165, 1.54) is 16.4 Å². The van der Waals surface area contributed by atoms with Gasteiger partial charge in [-0.05, 0) is 36.4 Å². The summed E-state index contributed by atoms with van der Waals surface area (Å²) >= 11 is 0. The summed E-state index contributed by atoms with van der Waals surface area (Å²) in [6.45, 7) is 5.13. The van der Waals surface area contributed by atoms with Gasteiger partial charge in [0, 0.05) is 25.9 Å². The molecule has 152 valence electrons. The van der Waals surface area contributed by atoms with Crippen molar-refractivity contribution in [3.8, 4) is 5.75 Å². The second-order valence-electron chi connectivity index (χ2n) is 5.91. The number of carbonyl (C=O) groups excluding carboxylic acids is 1. The van der Waals surface area contributed by atoms with Gasteiger partial charge in [0.15, 0.2) is 0 Å². The highest BCUT2D eigenvalue weighted by Crippen LogP contribution is 2.22. The topological polar surface area (TPSA) is 84.9 Å². The molecular formula is C20H26N2O5S. The van der Waals surface area contributed by atoms with Gasteiger partial charge in [-0.1, -0.05) is 26.0 Å². The molecule has 0 aliphatic carbocycles. The summed E-state index contributed by atoms with van der Waals surface area (Å²) in [6, 6.07) is 13.0. The van der Waals surface area contributed by atoms with Crippen molar-refractivity contribution in [3.63, 3.8) is 0 Å². The third kappa shape index (κ3) is 5.31. The average molecular weight is 407 g/mol. The minimum absolute atomic E-state index is 0.192. The fraction of sp³-hybridized carbons (Fsp3) is 0.350. The fourth-order valence-corrected chi connectivity index (χ4v) is 4.09. The Balaban J connectivity index is 2.14. The van der Waals surface area contributed by atoms with Crippen LogP contribution < -0.4 is 10.1 Å². The lowest BCUT2D eigenvalue weighted by atomic mass is 10.2. The van der Waals surface area contributed by atoms with Gasteiger partial charge >= 0.3 is 0 Å². The van der Waals surface area contributed by atoms with Crippen molar-refractivity contribution in [2.24, 2.45) is 0 Å². The number of anilines is 1. The maximum absolute atomic E-state index is 12.6. The van der Waals surface area contributed by atoms with Gasteiger partial charge < -0.3 is 14.8 Å². The van der Waals surface area contributed by atoms with Crippen LogP contribution in [0.5, 0.6) is 5.75 Å². The van der Waals surface area contributed by atoms with Crippen molar-refractivity contribution < 1.29 is 22.7 Å². The lowest BCUT2D eigenvalue weighted by molar-refractivity contribution is 0.101. The van der Waals surface area contributed by atoms with Gasteiger partial charge in [0.25, 0.3) is 5.91 Å². The summed E-state index contributed by atoms with van der Waals surface area (Å²) in [4.78, 5) is 12.8. The molecule has 7 nitrogen and oxygen atoms in total. The van der Waals surface area contributed by atoms with E-state index in [1.54, 1.807) is 57.4 Å². The standard InChI is InChI=1S/C20H26N2O5S/c1-4-22(5-2)28(24,25)17-12-10-16(11-13-17)21-20(23)18-8-6-7-9-19(18)27-15-14-26-3/h6-13H,4-5,14-15H2,1-3H3,(H,21,23). The highest BCUT2D eigenvalue weighted by Gasteiger charge is 2.21. The number of benzene rings is 2. The summed E-state index contributed by atoms with van der Waals surface area (Å²) in [7, 11) is -1.95. The molecule has 0 aromatic heterocycles. The van der Waals surface area contributed by atoms with Gasteiger partial charge in [-0.2, -0.15) is 4.31 Å². The number of sulfonamides is 1. The van der Waals surface area contributed by atoms with Crippen LogP contribution in [0, 0.1) is 0 Å². The molecule has 0 bridgehead atoms. The number of carbonyl (C=O) groups is 1. The van der Waals surface area contributed by atoms with Crippen molar-refractivity contribution in [2.75, 3.05) is 38.7 Å². The molecule has 0 saturated carbocycles. The van der Waals surface area contributed by atoms with Crippen molar-refractivity contribution in [3.05, 3.63) is 54.1 Å². The van der Waals surface area contributed by atoms with Crippen molar-refractivity contribution in [2.45, 2.75) is 18.7 Å². The van der Waals surface area contributed by atoms with E-state index in [0.717, 1.165) is 0 Å². The van der Waals surface area contributed by atoms with Crippen LogP contribution in [-0.4, -0.2) is 52.0 Å². The van der Waals surface area contributed by atoms with Crippen LogP contribution in [0.25, 0.3) is 0 Å². The summed E-state index contributed by atoms with van der Waals surface area (Å²) < 4.78 is 37.0. The Kier molecular flexibility index (Phi) is 7.98. The van der Waals surface area contributed by atoms with Gasteiger partial charge in [0.05, 0.1) is 17.1 Å². The Morgan fingerprint density at radius 2 is 1.64 bits per heavy atom. The van der Waals surface area contributed by atoms with Crippen LogP contribution in [-0.2, 0) is 14.8 Å². The van der Waals surface area contributed by atoms with Crippen LogP contribution in [0.1, 0.15) is 24.2 Å². The predicted molar refractivity (Wildman–Crippen MR) is 108 cm³/mol. The summed E-state index contributed by atoms with van der Waals surface area (Å²) in [5.41, 5.74) is 0.883. The first-order valence-corrected chi connectivity index (χ1v) is 10.5. The highest BCUT2D eigenvalue weighted by molar-refractivity contribution is 7.89. The number of rotatable bonds is 10. The van der Waals surface area contributed by atoms with Crippen molar-refractivity contribution in [1.29, 1.82) is 0 Å². The molecule has 2 aromatic rings. The smallest absolute Gasteiger partial charge is 0.259 e. The maximum atomic E-state index is 12.6. The molecule has 0 aliphatic heterocycles. The third-order valence-electron chi connectivity index (χ3n) is 4.13. The summed E-state index contributed by atoms with van der Waals surface area (Å²) in [5, 5.41) is 2.77. The second-order valence-corrected chi connectivity index (χ2v) is 7.84. The van der Waals surface area contributed by atoms with Crippen LogP contribution in [0.4, 0.5) is 5.69 Å². The number of nitrogens with zero attached hydrogens (tertiary/aromatic N) is 1. The van der Waals surface area contributed by atoms with E-state index >= 15 is 0 Å². The number of amides is 1. The van der Waals surface area contributed by atoms with E-state index in [0.29, 0.717) is 43.3 Å². The van der Waals surface area contributed by atoms with E-state index in [4.69, 9.17) is 9.47 Å². The predicted octanol–water partition coefficient (Wildman–Crippen LogP) is 2.99. The summed E-state index contributed by atoms with van der Waals surface area (Å²) in [5.74, 6) is 0.116. The zero-order valence-electron chi connectivity index (χ0n) is 16.3. The normalized spacial score (nSPS) is 11.4. The Morgan fingerprint density at radius 3 is 2.25 bits per heavy atom. The fourth-order valence-electron chi connectivity index (χ4n) is 2.64. The molecular weight excluding hydrogens is 380 g/mol. The van der Waals surface area contributed by atoms with Crippen LogP contribution in [0.3, 0.4) is 0 Å². The average Bonchev–Trinajstić information content (AvgIpc) is 2.69. The van der Waals surface area contributed by atoms with Gasteiger partial charge in [0.1, 0.15) is 12.4 Å². The molecule has 0 spiro atoms. The monoisotopic (exact) mass is 406 g/mol. The number of hydrogen-bond donors (Lipinski definition) is 1. The molecule has 0 fully saturated rings. The molecule has 0 saturated heterocycles. The number of nitrogens with one attached hydrogen (secondary N) is 1. The molecule has 0 radical (unpaired) electrons. The Labute approximate surface area is 166 Å². The van der Waals surface area contributed by atoms with E-state index < -0.39 is 10.0 Å². The molecule has 8 heteroatoms. The summed E-state index contributed by atoms with van der Waals surface area (Å²) in [6.07, 6.45) is 0. The second kappa shape index (κ2) is 10.2. The third-order valence-corrected chi connectivity index (χ3v) is 6.20. The Bertz CT molecular complexity index is 878.